The fraction of sp³-hybridized carbons (Fsp3) is 0.105. The maximum absolute atomic E-state index is 13.8. The number of halogens is 1. The Morgan fingerprint density at radius 1 is 1.23 bits per heavy atom. The second-order valence-electron chi connectivity index (χ2n) is 5.31. The Morgan fingerprint density at radius 2 is 1.92 bits per heavy atom. The van der Waals surface area contributed by atoms with Crippen LogP contribution in [-0.4, -0.2) is 22.8 Å². The Balaban J connectivity index is 1.85. The molecule has 0 aliphatic carbocycles. The van der Waals surface area contributed by atoms with Crippen molar-refractivity contribution in [2.24, 2.45) is 0 Å². The zero-order valence-corrected chi connectivity index (χ0v) is 15.4. The predicted octanol–water partition coefficient (Wildman–Crippen LogP) is 4.41. The van der Waals surface area contributed by atoms with Crippen molar-refractivity contribution < 1.29 is 18.7 Å². The van der Waals surface area contributed by atoms with Gasteiger partial charge in [0.2, 0.25) is 0 Å². The molecule has 7 heteroatoms. The molecule has 0 unspecified atom stereocenters. The number of esters is 1. The zero-order valence-electron chi connectivity index (χ0n) is 13.8. The molecule has 1 heterocycles. The number of nitrogens with zero attached hydrogens (tertiary/aromatic N) is 1. The molecule has 0 N–H and O–H groups in total. The van der Waals surface area contributed by atoms with Crippen LogP contribution >= 0.6 is 24.0 Å². The minimum absolute atomic E-state index is 0.288. The van der Waals surface area contributed by atoms with E-state index in [1.165, 1.54) is 17.0 Å². The molecule has 132 valence electrons. The summed E-state index contributed by atoms with van der Waals surface area (Å²) in [6.45, 7) is 2.02. The van der Waals surface area contributed by atoms with Crippen LogP contribution in [-0.2, 0) is 9.53 Å². The van der Waals surface area contributed by atoms with E-state index in [4.69, 9.17) is 17.0 Å². The van der Waals surface area contributed by atoms with Gasteiger partial charge < -0.3 is 4.74 Å². The molecule has 0 bridgehead atoms. The molecule has 1 aliphatic rings. The van der Waals surface area contributed by atoms with Gasteiger partial charge in [0.05, 0.1) is 22.8 Å². The molecule has 2 aromatic carbocycles. The molecule has 0 aromatic heterocycles. The average molecular weight is 387 g/mol. The Morgan fingerprint density at radius 3 is 2.58 bits per heavy atom. The van der Waals surface area contributed by atoms with Gasteiger partial charge in [-0.25, -0.2) is 9.18 Å². The van der Waals surface area contributed by atoms with E-state index in [0.29, 0.717) is 26.0 Å². The first-order chi connectivity index (χ1) is 12.5. The molecule has 1 saturated heterocycles. The predicted molar refractivity (Wildman–Crippen MR) is 104 cm³/mol. The first-order valence-electron chi connectivity index (χ1n) is 7.81. The first-order valence-corrected chi connectivity index (χ1v) is 9.03. The lowest BCUT2D eigenvalue weighted by Gasteiger charge is -2.14. The number of rotatable bonds is 4. The number of amides is 1. The van der Waals surface area contributed by atoms with Crippen molar-refractivity contribution in [2.45, 2.75) is 6.92 Å². The smallest absolute Gasteiger partial charge is 0.338 e. The van der Waals surface area contributed by atoms with Crippen molar-refractivity contribution in [3.05, 3.63) is 70.4 Å². The molecule has 0 atom stereocenters. The number of anilines is 1. The summed E-state index contributed by atoms with van der Waals surface area (Å²) in [6, 6.07) is 12.6. The Labute approximate surface area is 159 Å². The normalized spacial score (nSPS) is 15.6. The van der Waals surface area contributed by atoms with Gasteiger partial charge in [-0.05, 0) is 43.3 Å². The van der Waals surface area contributed by atoms with Gasteiger partial charge in [-0.15, -0.1) is 0 Å². The number of ether oxygens (including phenoxy) is 1. The number of thiocarbonyl (C=S) groups is 1. The number of hydrogen-bond acceptors (Lipinski definition) is 5. The molecule has 0 radical (unpaired) electrons. The van der Waals surface area contributed by atoms with Crippen molar-refractivity contribution in [3.8, 4) is 0 Å². The van der Waals surface area contributed by atoms with Gasteiger partial charge in [0.25, 0.3) is 5.91 Å². The molecule has 3 rings (SSSR count). The number of benzene rings is 2. The van der Waals surface area contributed by atoms with Crippen LogP contribution in [0.5, 0.6) is 0 Å². The second-order valence-corrected chi connectivity index (χ2v) is 6.98. The zero-order chi connectivity index (χ0) is 18.7. The molecule has 1 fully saturated rings. The largest absolute Gasteiger partial charge is 0.462 e. The lowest BCUT2D eigenvalue weighted by Crippen LogP contribution is -2.27. The summed E-state index contributed by atoms with van der Waals surface area (Å²) in [7, 11) is 0. The topological polar surface area (TPSA) is 46.6 Å². The molecular weight excluding hydrogens is 373 g/mol. The van der Waals surface area contributed by atoms with E-state index in [-0.39, 0.29) is 12.5 Å². The third-order valence-corrected chi connectivity index (χ3v) is 4.92. The highest BCUT2D eigenvalue weighted by Gasteiger charge is 2.33. The van der Waals surface area contributed by atoms with Gasteiger partial charge >= 0.3 is 5.97 Å². The monoisotopic (exact) mass is 387 g/mol. The average Bonchev–Trinajstić information content (AvgIpc) is 2.91. The van der Waals surface area contributed by atoms with Crippen LogP contribution in [0.1, 0.15) is 22.8 Å². The number of carbonyl (C=O) groups excluding carboxylic acids is 2. The minimum Gasteiger partial charge on any atom is -0.462 e. The van der Waals surface area contributed by atoms with Crippen LogP contribution in [0.15, 0.2) is 53.4 Å². The minimum atomic E-state index is -0.427. The van der Waals surface area contributed by atoms with Gasteiger partial charge in [-0.1, -0.05) is 42.2 Å². The number of thioether (sulfide) groups is 1. The fourth-order valence-corrected chi connectivity index (χ4v) is 3.67. The summed E-state index contributed by atoms with van der Waals surface area (Å²) in [6.07, 6.45) is 1.49. The molecule has 0 spiro atoms. The van der Waals surface area contributed by atoms with Crippen molar-refractivity contribution in [1.29, 1.82) is 0 Å². The lowest BCUT2D eigenvalue weighted by atomic mass is 10.2. The van der Waals surface area contributed by atoms with Crippen LogP contribution in [0.3, 0.4) is 0 Å². The summed E-state index contributed by atoms with van der Waals surface area (Å²) in [5.41, 5.74) is 1.26. The van der Waals surface area contributed by atoms with Gasteiger partial charge in [-0.3, -0.25) is 9.69 Å². The van der Waals surface area contributed by atoms with Gasteiger partial charge in [-0.2, -0.15) is 0 Å². The molecule has 2 aromatic rings. The molecule has 0 saturated carbocycles. The van der Waals surface area contributed by atoms with Crippen LogP contribution in [0.4, 0.5) is 10.1 Å². The Hall–Kier alpha value is -2.51. The van der Waals surface area contributed by atoms with E-state index in [0.717, 1.165) is 11.8 Å². The first kappa shape index (κ1) is 18.3. The van der Waals surface area contributed by atoms with Crippen molar-refractivity contribution in [1.82, 2.24) is 0 Å². The quantitative estimate of drug-likeness (QED) is 0.442. The van der Waals surface area contributed by atoms with E-state index in [2.05, 4.69) is 0 Å². The molecule has 1 aliphatic heterocycles. The highest BCUT2D eigenvalue weighted by molar-refractivity contribution is 8.27. The van der Waals surface area contributed by atoms with Crippen molar-refractivity contribution in [2.75, 3.05) is 11.5 Å². The van der Waals surface area contributed by atoms with Gasteiger partial charge in [0, 0.05) is 5.56 Å². The summed E-state index contributed by atoms with van der Waals surface area (Å²) < 4.78 is 19.1. The van der Waals surface area contributed by atoms with E-state index in [1.807, 2.05) is 0 Å². The number of carbonyl (C=O) groups is 2. The molecular formula is C19H14FNO3S2. The van der Waals surface area contributed by atoms with Gasteiger partial charge in [0.1, 0.15) is 5.82 Å². The second kappa shape index (κ2) is 7.80. The van der Waals surface area contributed by atoms with E-state index < -0.39 is 11.8 Å². The highest BCUT2D eigenvalue weighted by atomic mass is 32.2. The van der Waals surface area contributed by atoms with Crippen molar-refractivity contribution in [3.63, 3.8) is 0 Å². The van der Waals surface area contributed by atoms with Crippen LogP contribution in [0, 0.1) is 5.82 Å². The van der Waals surface area contributed by atoms with E-state index in [9.17, 15) is 14.0 Å². The molecule has 4 nitrogen and oxygen atoms in total. The highest BCUT2D eigenvalue weighted by Crippen LogP contribution is 2.36. The SMILES string of the molecule is CCOC(=O)c1ccc(N2C(=O)/C(=C\c3ccccc3F)SC2=S)cc1. The van der Waals surface area contributed by atoms with Gasteiger partial charge in [0.15, 0.2) is 4.32 Å². The van der Waals surface area contributed by atoms with E-state index >= 15 is 0 Å². The molecule has 26 heavy (non-hydrogen) atoms. The van der Waals surface area contributed by atoms with Crippen molar-refractivity contribution >= 4 is 51.9 Å². The maximum Gasteiger partial charge on any atom is 0.338 e. The maximum atomic E-state index is 13.8. The summed E-state index contributed by atoms with van der Waals surface area (Å²) in [5.74, 6) is -1.16. The summed E-state index contributed by atoms with van der Waals surface area (Å²) in [4.78, 5) is 26.1. The van der Waals surface area contributed by atoms with Crippen LogP contribution in [0.2, 0.25) is 0 Å². The Bertz CT molecular complexity index is 909. The lowest BCUT2D eigenvalue weighted by molar-refractivity contribution is -0.113. The van der Waals surface area contributed by atoms with E-state index in [1.54, 1.807) is 49.4 Å². The fourth-order valence-electron chi connectivity index (χ4n) is 2.38. The Kier molecular flexibility index (Phi) is 5.49. The standard InChI is InChI=1S/C19H14FNO3S2/c1-2-24-18(23)12-7-9-14(10-8-12)21-17(22)16(26-19(21)25)11-13-5-3-4-6-15(13)20/h3-11H,2H2,1H3/b16-11+. The number of hydrogen-bond donors (Lipinski definition) is 0. The van der Waals surface area contributed by atoms with Crippen LogP contribution < -0.4 is 4.90 Å². The summed E-state index contributed by atoms with van der Waals surface area (Å²) >= 11 is 6.40. The third-order valence-electron chi connectivity index (χ3n) is 3.62. The molecule has 1 amide bonds. The third kappa shape index (κ3) is 3.68. The van der Waals surface area contributed by atoms with Crippen LogP contribution in [0.25, 0.3) is 6.08 Å². The summed E-state index contributed by atoms with van der Waals surface area (Å²) in [5, 5.41) is 0.